The van der Waals surface area contributed by atoms with Crippen LogP contribution in [0.4, 0.5) is 9.18 Å². The van der Waals surface area contributed by atoms with E-state index in [2.05, 4.69) is 25.9 Å². The molecule has 2 N–H and O–H groups in total. The fourth-order valence-electron chi connectivity index (χ4n) is 1.67. The van der Waals surface area contributed by atoms with Crippen LogP contribution in [0.15, 0.2) is 12.1 Å². The van der Waals surface area contributed by atoms with Crippen molar-refractivity contribution in [3.05, 3.63) is 28.5 Å². The van der Waals surface area contributed by atoms with E-state index in [1.54, 1.807) is 20.8 Å². The van der Waals surface area contributed by atoms with Gasteiger partial charge in [0.05, 0.1) is 5.02 Å². The first-order valence-electron chi connectivity index (χ1n) is 6.45. The van der Waals surface area contributed by atoms with E-state index >= 15 is 0 Å². The molecule has 2 rings (SSSR count). The Morgan fingerprint density at radius 2 is 2.18 bits per heavy atom. The van der Waals surface area contributed by atoms with Crippen molar-refractivity contribution in [2.45, 2.75) is 32.9 Å². The lowest BCUT2D eigenvalue weighted by Gasteiger charge is -2.19. The molecule has 1 heterocycles. The largest absolute Gasteiger partial charge is 0.444 e. The highest BCUT2D eigenvalue weighted by Gasteiger charge is 2.17. The zero-order valence-electron chi connectivity index (χ0n) is 12.3. The Balaban J connectivity index is 2.15. The van der Waals surface area contributed by atoms with E-state index in [-0.39, 0.29) is 23.0 Å². The Labute approximate surface area is 131 Å². The van der Waals surface area contributed by atoms with Gasteiger partial charge in [0.2, 0.25) is 5.82 Å². The first-order valence-corrected chi connectivity index (χ1v) is 6.82. The Morgan fingerprint density at radius 1 is 1.45 bits per heavy atom. The van der Waals surface area contributed by atoms with Gasteiger partial charge >= 0.3 is 6.09 Å². The van der Waals surface area contributed by atoms with Gasteiger partial charge in [-0.3, -0.25) is 0 Å². The van der Waals surface area contributed by atoms with Crippen molar-refractivity contribution in [2.24, 2.45) is 0 Å². The van der Waals surface area contributed by atoms with Crippen LogP contribution in [0.2, 0.25) is 5.02 Å². The van der Waals surface area contributed by atoms with E-state index in [0.717, 1.165) is 0 Å². The van der Waals surface area contributed by atoms with Crippen LogP contribution in [-0.4, -0.2) is 32.3 Å². The quantitative estimate of drug-likeness (QED) is 0.904. The summed E-state index contributed by atoms with van der Waals surface area (Å²) in [5, 5.41) is 15.7. The highest BCUT2D eigenvalue weighted by atomic mass is 35.5. The van der Waals surface area contributed by atoms with Gasteiger partial charge in [0.15, 0.2) is 0 Å². The molecule has 0 saturated heterocycles. The van der Waals surface area contributed by atoms with Gasteiger partial charge in [0, 0.05) is 17.7 Å². The topological polar surface area (TPSA) is 92.8 Å². The number of hydrogen-bond acceptors (Lipinski definition) is 5. The number of halogens is 2. The average molecular weight is 328 g/mol. The van der Waals surface area contributed by atoms with Crippen molar-refractivity contribution in [3.63, 3.8) is 0 Å². The predicted octanol–water partition coefficient (Wildman–Crippen LogP) is 2.68. The summed E-state index contributed by atoms with van der Waals surface area (Å²) in [6.45, 7) is 5.13. The van der Waals surface area contributed by atoms with Gasteiger partial charge in [0.1, 0.15) is 11.4 Å². The van der Waals surface area contributed by atoms with Crippen LogP contribution in [0.3, 0.4) is 0 Å². The van der Waals surface area contributed by atoms with E-state index in [4.69, 9.17) is 16.3 Å². The smallest absolute Gasteiger partial charge is 0.407 e. The molecule has 0 saturated carbocycles. The van der Waals surface area contributed by atoms with Crippen molar-refractivity contribution >= 4 is 17.7 Å². The van der Waals surface area contributed by atoms with Crippen molar-refractivity contribution in [1.82, 2.24) is 25.9 Å². The zero-order valence-corrected chi connectivity index (χ0v) is 13.0. The number of ether oxygens (including phenoxy) is 1. The number of carbonyl (C=O) groups is 1. The molecule has 22 heavy (non-hydrogen) atoms. The standard InChI is InChI=1S/C13H15ClFN5O2/c1-13(2,3)22-12(21)16-6-8-4-7(5-9(14)10(8)15)11-17-19-20-18-11/h4-5H,6H2,1-3H3,(H,16,21)(H,17,18,19,20). The molecule has 1 amide bonds. The molecule has 9 heteroatoms. The number of tetrazole rings is 1. The number of aromatic nitrogens is 4. The second kappa shape index (κ2) is 6.27. The Morgan fingerprint density at radius 3 is 2.77 bits per heavy atom. The van der Waals surface area contributed by atoms with E-state index in [0.29, 0.717) is 5.56 Å². The lowest BCUT2D eigenvalue weighted by molar-refractivity contribution is 0.0523. The third-order valence-electron chi connectivity index (χ3n) is 2.53. The van der Waals surface area contributed by atoms with Gasteiger partial charge in [-0.05, 0) is 38.1 Å². The zero-order chi connectivity index (χ0) is 16.3. The number of benzene rings is 1. The van der Waals surface area contributed by atoms with Gasteiger partial charge in [0.25, 0.3) is 0 Å². The monoisotopic (exact) mass is 327 g/mol. The predicted molar refractivity (Wildman–Crippen MR) is 77.7 cm³/mol. The molecule has 0 aliphatic carbocycles. The molecule has 118 valence electrons. The minimum atomic E-state index is -0.645. The number of hydrogen-bond donors (Lipinski definition) is 2. The van der Waals surface area contributed by atoms with E-state index < -0.39 is 17.5 Å². The molecule has 0 atom stereocenters. The van der Waals surface area contributed by atoms with E-state index in [1.165, 1.54) is 12.1 Å². The van der Waals surface area contributed by atoms with Crippen LogP contribution in [0, 0.1) is 5.82 Å². The number of amides is 1. The maximum atomic E-state index is 14.0. The van der Waals surface area contributed by atoms with Gasteiger partial charge < -0.3 is 10.1 Å². The van der Waals surface area contributed by atoms with Crippen LogP contribution in [-0.2, 0) is 11.3 Å². The summed E-state index contributed by atoms with van der Waals surface area (Å²) in [6.07, 6.45) is -0.645. The summed E-state index contributed by atoms with van der Waals surface area (Å²) in [6, 6.07) is 2.88. The van der Waals surface area contributed by atoms with Crippen molar-refractivity contribution in [2.75, 3.05) is 0 Å². The minimum Gasteiger partial charge on any atom is -0.444 e. The highest BCUT2D eigenvalue weighted by molar-refractivity contribution is 6.31. The number of H-pyrrole nitrogens is 1. The molecule has 1 aromatic carbocycles. The maximum Gasteiger partial charge on any atom is 0.407 e. The Kier molecular flexibility index (Phi) is 4.60. The van der Waals surface area contributed by atoms with Crippen LogP contribution < -0.4 is 5.32 Å². The molecule has 0 aliphatic rings. The molecule has 2 aromatic rings. The number of rotatable bonds is 3. The second-order valence-electron chi connectivity index (χ2n) is 5.52. The molecular weight excluding hydrogens is 313 g/mol. The number of nitrogens with zero attached hydrogens (tertiary/aromatic N) is 3. The Bertz CT molecular complexity index is 670. The highest BCUT2D eigenvalue weighted by Crippen LogP contribution is 2.25. The normalized spacial score (nSPS) is 11.3. The number of aromatic amines is 1. The van der Waals surface area contributed by atoms with E-state index in [1.807, 2.05) is 0 Å². The molecule has 0 bridgehead atoms. The van der Waals surface area contributed by atoms with E-state index in [9.17, 15) is 9.18 Å². The lowest BCUT2D eigenvalue weighted by atomic mass is 10.1. The molecular formula is C13H15ClFN5O2. The summed E-state index contributed by atoms with van der Waals surface area (Å²) in [5.41, 5.74) is 0.0477. The van der Waals surface area contributed by atoms with Crippen LogP contribution >= 0.6 is 11.6 Å². The Hall–Kier alpha value is -2.22. The maximum absolute atomic E-state index is 14.0. The molecule has 0 fully saturated rings. The molecule has 0 radical (unpaired) electrons. The lowest BCUT2D eigenvalue weighted by Crippen LogP contribution is -2.32. The molecule has 1 aromatic heterocycles. The number of nitrogens with one attached hydrogen (secondary N) is 2. The van der Waals surface area contributed by atoms with Gasteiger partial charge in [-0.25, -0.2) is 9.18 Å². The third kappa shape index (κ3) is 4.14. The van der Waals surface area contributed by atoms with Crippen LogP contribution in [0.5, 0.6) is 0 Å². The van der Waals surface area contributed by atoms with Gasteiger partial charge in [-0.2, -0.15) is 5.21 Å². The van der Waals surface area contributed by atoms with Crippen LogP contribution in [0.25, 0.3) is 11.4 Å². The second-order valence-corrected chi connectivity index (χ2v) is 5.93. The number of alkyl carbamates (subject to hydrolysis) is 1. The fourth-order valence-corrected chi connectivity index (χ4v) is 1.91. The van der Waals surface area contributed by atoms with Gasteiger partial charge in [-0.15, -0.1) is 10.2 Å². The molecule has 0 spiro atoms. The first kappa shape index (κ1) is 16.2. The number of carbonyl (C=O) groups excluding carboxylic acids is 1. The summed E-state index contributed by atoms with van der Waals surface area (Å²) in [4.78, 5) is 11.6. The summed E-state index contributed by atoms with van der Waals surface area (Å²) in [7, 11) is 0. The average Bonchev–Trinajstić information content (AvgIpc) is 2.92. The molecule has 0 aliphatic heterocycles. The van der Waals surface area contributed by atoms with Crippen LogP contribution in [0.1, 0.15) is 26.3 Å². The summed E-state index contributed by atoms with van der Waals surface area (Å²) in [5.74, 6) is -0.342. The molecule has 0 unspecified atom stereocenters. The SMILES string of the molecule is CC(C)(C)OC(=O)NCc1cc(-c2nn[nH]n2)cc(Cl)c1F. The van der Waals surface area contributed by atoms with Gasteiger partial charge in [-0.1, -0.05) is 11.6 Å². The van der Waals surface area contributed by atoms with Crippen molar-refractivity contribution < 1.29 is 13.9 Å². The van der Waals surface area contributed by atoms with Crippen molar-refractivity contribution in [3.8, 4) is 11.4 Å². The summed E-state index contributed by atoms with van der Waals surface area (Å²) >= 11 is 5.85. The van der Waals surface area contributed by atoms with Crippen molar-refractivity contribution in [1.29, 1.82) is 0 Å². The summed E-state index contributed by atoms with van der Waals surface area (Å²) < 4.78 is 19.1. The fraction of sp³-hybridized carbons (Fsp3) is 0.385. The first-order chi connectivity index (χ1) is 10.3. The third-order valence-corrected chi connectivity index (χ3v) is 2.80. The minimum absolute atomic E-state index is 0.0772. The molecule has 7 nitrogen and oxygen atoms in total.